The molecule has 30 heavy (non-hydrogen) atoms. The largest absolute Gasteiger partial charge is 0.493 e. The summed E-state index contributed by atoms with van der Waals surface area (Å²) in [7, 11) is 3.10. The maximum absolute atomic E-state index is 12.6. The Morgan fingerprint density at radius 3 is 2.20 bits per heavy atom. The Hall–Kier alpha value is -3.28. The summed E-state index contributed by atoms with van der Waals surface area (Å²) in [5, 5.41) is 2.92. The van der Waals surface area contributed by atoms with Crippen molar-refractivity contribution in [2.45, 2.75) is 39.7 Å². The molecule has 0 unspecified atom stereocenters. The Kier molecular flexibility index (Phi) is 8.47. The van der Waals surface area contributed by atoms with Crippen LogP contribution < -0.4 is 14.8 Å². The number of hydrogen-bond donors (Lipinski definition) is 1. The number of para-hydroxylation sites is 1. The second-order valence-corrected chi connectivity index (χ2v) is 6.67. The smallest absolute Gasteiger partial charge is 0.331 e. The number of rotatable bonds is 9. The Bertz CT molecular complexity index is 898. The van der Waals surface area contributed by atoms with Gasteiger partial charge in [-0.2, -0.15) is 0 Å². The van der Waals surface area contributed by atoms with E-state index in [9.17, 15) is 9.59 Å². The molecule has 6 nitrogen and oxygen atoms in total. The van der Waals surface area contributed by atoms with Crippen LogP contribution in [0.4, 0.5) is 5.69 Å². The SMILES string of the molecule is CCc1cccc(CC)c1NC(=O)[C@H](C)OC(=O)/C=C/c1ccc(OC)c(OC)c1. The maximum atomic E-state index is 12.6. The normalized spacial score (nSPS) is 11.8. The number of ether oxygens (including phenoxy) is 3. The number of esters is 1. The van der Waals surface area contributed by atoms with Crippen LogP contribution in [0.1, 0.15) is 37.5 Å². The highest BCUT2D eigenvalue weighted by atomic mass is 16.5. The van der Waals surface area contributed by atoms with Crippen LogP contribution in [0.3, 0.4) is 0 Å². The molecule has 160 valence electrons. The topological polar surface area (TPSA) is 73.9 Å². The van der Waals surface area contributed by atoms with Crippen LogP contribution in [-0.4, -0.2) is 32.2 Å². The van der Waals surface area contributed by atoms with Crippen molar-refractivity contribution in [3.63, 3.8) is 0 Å². The zero-order valence-electron chi connectivity index (χ0n) is 18.2. The summed E-state index contributed by atoms with van der Waals surface area (Å²) in [5.74, 6) is 0.189. The van der Waals surface area contributed by atoms with Crippen LogP contribution >= 0.6 is 0 Å². The zero-order valence-corrected chi connectivity index (χ0v) is 18.2. The third-order valence-electron chi connectivity index (χ3n) is 4.73. The fourth-order valence-electron chi connectivity index (χ4n) is 3.02. The number of amides is 1. The van der Waals surface area contributed by atoms with Crippen molar-refractivity contribution in [1.82, 2.24) is 0 Å². The first-order valence-electron chi connectivity index (χ1n) is 9.95. The lowest BCUT2D eigenvalue weighted by molar-refractivity contribution is -0.148. The van der Waals surface area contributed by atoms with Gasteiger partial charge in [-0.05, 0) is 54.7 Å². The van der Waals surface area contributed by atoms with Crippen molar-refractivity contribution in [2.75, 3.05) is 19.5 Å². The van der Waals surface area contributed by atoms with Gasteiger partial charge >= 0.3 is 5.97 Å². The van der Waals surface area contributed by atoms with Gasteiger partial charge < -0.3 is 19.5 Å². The molecular weight excluding hydrogens is 382 g/mol. The second-order valence-electron chi connectivity index (χ2n) is 6.67. The van der Waals surface area contributed by atoms with E-state index in [-0.39, 0.29) is 5.91 Å². The average Bonchev–Trinajstić information content (AvgIpc) is 2.77. The van der Waals surface area contributed by atoms with E-state index in [1.165, 1.54) is 6.08 Å². The molecule has 0 aliphatic carbocycles. The van der Waals surface area contributed by atoms with Gasteiger partial charge in [-0.15, -0.1) is 0 Å². The molecular formula is C24H29NO5. The van der Waals surface area contributed by atoms with Gasteiger partial charge in [-0.3, -0.25) is 4.79 Å². The van der Waals surface area contributed by atoms with Crippen LogP contribution in [-0.2, 0) is 27.2 Å². The summed E-state index contributed by atoms with van der Waals surface area (Å²) in [6.45, 7) is 5.62. The predicted octanol–water partition coefficient (Wildman–Crippen LogP) is 4.41. The van der Waals surface area contributed by atoms with Gasteiger partial charge in [0, 0.05) is 11.8 Å². The summed E-state index contributed by atoms with van der Waals surface area (Å²) in [6.07, 6.45) is 3.54. The first-order chi connectivity index (χ1) is 14.4. The second kappa shape index (κ2) is 11.0. The minimum atomic E-state index is -0.929. The van der Waals surface area contributed by atoms with Crippen LogP contribution in [0.2, 0.25) is 0 Å². The lowest BCUT2D eigenvalue weighted by atomic mass is 10.0. The molecule has 2 rings (SSSR count). The van der Waals surface area contributed by atoms with Gasteiger partial charge in [-0.1, -0.05) is 38.1 Å². The van der Waals surface area contributed by atoms with Crippen LogP contribution in [0.25, 0.3) is 6.08 Å². The average molecular weight is 411 g/mol. The molecule has 0 spiro atoms. The molecule has 6 heteroatoms. The fraction of sp³-hybridized carbons (Fsp3) is 0.333. The highest BCUT2D eigenvalue weighted by Gasteiger charge is 2.19. The molecule has 2 aromatic rings. The van der Waals surface area contributed by atoms with Crippen molar-refractivity contribution < 1.29 is 23.8 Å². The van der Waals surface area contributed by atoms with Crippen molar-refractivity contribution >= 4 is 23.6 Å². The molecule has 0 fully saturated rings. The molecule has 0 radical (unpaired) electrons. The Morgan fingerprint density at radius 2 is 1.63 bits per heavy atom. The standard InChI is InChI=1S/C24H29NO5/c1-6-18-9-8-10-19(7-2)23(18)25-24(27)16(3)30-22(26)14-12-17-11-13-20(28-4)21(15-17)29-5/h8-16H,6-7H2,1-5H3,(H,25,27)/b14-12+/t16-/m0/s1. The van der Waals surface area contributed by atoms with Crippen LogP contribution in [0, 0.1) is 0 Å². The fourth-order valence-corrected chi connectivity index (χ4v) is 3.02. The van der Waals surface area contributed by atoms with Gasteiger partial charge in [-0.25, -0.2) is 4.79 Å². The highest BCUT2D eigenvalue weighted by molar-refractivity contribution is 5.97. The first-order valence-corrected chi connectivity index (χ1v) is 9.95. The molecule has 2 aromatic carbocycles. The van der Waals surface area contributed by atoms with Gasteiger partial charge in [0.2, 0.25) is 0 Å². The molecule has 1 amide bonds. The Morgan fingerprint density at radius 1 is 1.00 bits per heavy atom. The Balaban J connectivity index is 2.02. The number of aryl methyl sites for hydroxylation is 2. The van der Waals surface area contributed by atoms with Crippen molar-refractivity contribution in [3.05, 3.63) is 59.2 Å². The molecule has 0 saturated carbocycles. The number of methoxy groups -OCH3 is 2. The van der Waals surface area contributed by atoms with Crippen molar-refractivity contribution in [3.8, 4) is 11.5 Å². The van der Waals surface area contributed by atoms with Gasteiger partial charge in [0.05, 0.1) is 14.2 Å². The van der Waals surface area contributed by atoms with Crippen LogP contribution in [0.5, 0.6) is 11.5 Å². The molecule has 0 aliphatic rings. The van der Waals surface area contributed by atoms with E-state index < -0.39 is 12.1 Å². The van der Waals surface area contributed by atoms with E-state index in [4.69, 9.17) is 14.2 Å². The van der Waals surface area contributed by atoms with Gasteiger partial charge in [0.15, 0.2) is 17.6 Å². The minimum Gasteiger partial charge on any atom is -0.493 e. The van der Waals surface area contributed by atoms with E-state index in [0.29, 0.717) is 11.5 Å². The maximum Gasteiger partial charge on any atom is 0.331 e. The minimum absolute atomic E-state index is 0.363. The summed E-state index contributed by atoms with van der Waals surface area (Å²) in [5.41, 5.74) is 3.64. The van der Waals surface area contributed by atoms with Crippen LogP contribution in [0.15, 0.2) is 42.5 Å². The first kappa shape index (κ1) is 23.0. The highest BCUT2D eigenvalue weighted by Crippen LogP contribution is 2.28. The van der Waals surface area contributed by atoms with Crippen molar-refractivity contribution in [2.24, 2.45) is 0 Å². The molecule has 0 aromatic heterocycles. The summed E-state index contributed by atoms with van der Waals surface area (Å²) >= 11 is 0. The third kappa shape index (κ3) is 5.86. The predicted molar refractivity (Wildman–Crippen MR) is 118 cm³/mol. The zero-order chi connectivity index (χ0) is 22.1. The monoisotopic (exact) mass is 411 g/mol. The molecule has 0 heterocycles. The molecule has 0 aliphatic heterocycles. The molecule has 0 saturated heterocycles. The number of carbonyl (C=O) groups excluding carboxylic acids is 2. The van der Waals surface area contributed by atoms with E-state index >= 15 is 0 Å². The molecule has 0 bridgehead atoms. The molecule has 1 N–H and O–H groups in total. The third-order valence-corrected chi connectivity index (χ3v) is 4.73. The van der Waals surface area contributed by atoms with E-state index in [1.807, 2.05) is 32.0 Å². The summed E-state index contributed by atoms with van der Waals surface area (Å²) < 4.78 is 15.7. The Labute approximate surface area is 177 Å². The lowest BCUT2D eigenvalue weighted by Crippen LogP contribution is -2.30. The lowest BCUT2D eigenvalue weighted by Gasteiger charge is -2.17. The number of anilines is 1. The van der Waals surface area contributed by atoms with E-state index in [2.05, 4.69) is 5.32 Å². The van der Waals surface area contributed by atoms with Gasteiger partial charge in [0.1, 0.15) is 0 Å². The number of nitrogens with one attached hydrogen (secondary N) is 1. The number of hydrogen-bond acceptors (Lipinski definition) is 5. The number of carbonyl (C=O) groups is 2. The quantitative estimate of drug-likeness (QED) is 0.489. The van der Waals surface area contributed by atoms with E-state index in [1.54, 1.807) is 45.4 Å². The van der Waals surface area contributed by atoms with Crippen molar-refractivity contribution in [1.29, 1.82) is 0 Å². The number of benzene rings is 2. The molecule has 1 atom stereocenters. The van der Waals surface area contributed by atoms with Gasteiger partial charge in [0.25, 0.3) is 5.91 Å². The van der Waals surface area contributed by atoms with E-state index in [0.717, 1.165) is 35.2 Å². The summed E-state index contributed by atoms with van der Waals surface area (Å²) in [4.78, 5) is 24.7. The summed E-state index contributed by atoms with van der Waals surface area (Å²) in [6, 6.07) is 11.2.